The second-order valence-electron chi connectivity index (χ2n) is 6.37. The number of nitrogens with zero attached hydrogens (tertiary/aromatic N) is 6. The SMILES string of the molecule is Cn1cnnc1CCC(=O)N1CCC[C@H]1c1nc(C2CC2)no1. The van der Waals surface area contributed by atoms with Crippen molar-refractivity contribution in [2.24, 2.45) is 7.05 Å². The summed E-state index contributed by atoms with van der Waals surface area (Å²) in [7, 11) is 1.89. The van der Waals surface area contributed by atoms with Crippen LogP contribution < -0.4 is 0 Å². The zero-order valence-electron chi connectivity index (χ0n) is 13.2. The molecule has 8 nitrogen and oxygen atoms in total. The highest BCUT2D eigenvalue weighted by molar-refractivity contribution is 5.77. The highest BCUT2D eigenvalue weighted by Crippen LogP contribution is 2.39. The van der Waals surface area contributed by atoms with Crippen LogP contribution in [0, 0.1) is 0 Å². The number of aromatic nitrogens is 5. The molecular formula is C15H20N6O2. The smallest absolute Gasteiger partial charge is 0.249 e. The van der Waals surface area contributed by atoms with E-state index in [-0.39, 0.29) is 11.9 Å². The average molecular weight is 316 g/mol. The maximum Gasteiger partial charge on any atom is 0.249 e. The van der Waals surface area contributed by atoms with E-state index in [2.05, 4.69) is 20.3 Å². The minimum absolute atomic E-state index is 0.0676. The van der Waals surface area contributed by atoms with Crippen LogP contribution in [-0.4, -0.2) is 42.3 Å². The molecule has 0 bridgehead atoms. The fraction of sp³-hybridized carbons (Fsp3) is 0.667. The number of aryl methyl sites for hydroxylation is 2. The molecule has 122 valence electrons. The van der Waals surface area contributed by atoms with Gasteiger partial charge in [0.15, 0.2) is 5.82 Å². The summed E-state index contributed by atoms with van der Waals surface area (Å²) >= 11 is 0. The normalized spacial score (nSPS) is 21.1. The molecule has 4 rings (SSSR count). The van der Waals surface area contributed by atoms with Crippen LogP contribution in [0.25, 0.3) is 0 Å². The highest BCUT2D eigenvalue weighted by atomic mass is 16.5. The fourth-order valence-electron chi connectivity index (χ4n) is 3.11. The number of amides is 1. The van der Waals surface area contributed by atoms with Crippen LogP contribution in [0.1, 0.15) is 61.6 Å². The molecule has 1 aliphatic carbocycles. The van der Waals surface area contributed by atoms with Gasteiger partial charge in [0.25, 0.3) is 0 Å². The Hall–Kier alpha value is -2.25. The Balaban J connectivity index is 1.41. The van der Waals surface area contributed by atoms with E-state index in [0.29, 0.717) is 24.7 Å². The van der Waals surface area contributed by atoms with Crippen molar-refractivity contribution in [3.05, 3.63) is 23.9 Å². The molecule has 0 unspecified atom stereocenters. The van der Waals surface area contributed by atoms with Crippen LogP contribution in [0.15, 0.2) is 10.9 Å². The molecule has 3 heterocycles. The first kappa shape index (κ1) is 14.3. The molecule has 2 aromatic heterocycles. The van der Waals surface area contributed by atoms with E-state index in [0.717, 1.165) is 43.9 Å². The Morgan fingerprint density at radius 3 is 3.00 bits per heavy atom. The number of hydrogen-bond acceptors (Lipinski definition) is 6. The number of carbonyl (C=O) groups excluding carboxylic acids is 1. The van der Waals surface area contributed by atoms with E-state index in [1.54, 1.807) is 6.33 Å². The molecule has 0 N–H and O–H groups in total. The highest BCUT2D eigenvalue weighted by Gasteiger charge is 2.36. The van der Waals surface area contributed by atoms with Crippen molar-refractivity contribution in [3.8, 4) is 0 Å². The van der Waals surface area contributed by atoms with Crippen molar-refractivity contribution in [1.82, 2.24) is 29.8 Å². The fourth-order valence-corrected chi connectivity index (χ4v) is 3.11. The third kappa shape index (κ3) is 2.85. The van der Waals surface area contributed by atoms with Gasteiger partial charge in [0.05, 0.1) is 0 Å². The third-order valence-corrected chi connectivity index (χ3v) is 4.63. The van der Waals surface area contributed by atoms with Crippen LogP contribution in [0.5, 0.6) is 0 Å². The predicted octanol–water partition coefficient (Wildman–Crippen LogP) is 1.37. The van der Waals surface area contributed by atoms with Gasteiger partial charge in [-0.15, -0.1) is 10.2 Å². The molecule has 1 saturated carbocycles. The molecular weight excluding hydrogens is 296 g/mol. The zero-order valence-corrected chi connectivity index (χ0v) is 13.2. The molecule has 2 fully saturated rings. The zero-order chi connectivity index (χ0) is 15.8. The maximum absolute atomic E-state index is 12.6. The van der Waals surface area contributed by atoms with Gasteiger partial charge in [-0.25, -0.2) is 0 Å². The van der Waals surface area contributed by atoms with Crippen molar-refractivity contribution in [1.29, 1.82) is 0 Å². The molecule has 1 saturated heterocycles. The number of hydrogen-bond donors (Lipinski definition) is 0. The first-order valence-corrected chi connectivity index (χ1v) is 8.18. The Morgan fingerprint density at radius 1 is 1.39 bits per heavy atom. The summed E-state index contributed by atoms with van der Waals surface area (Å²) in [6.45, 7) is 0.753. The summed E-state index contributed by atoms with van der Waals surface area (Å²) in [5.41, 5.74) is 0. The van der Waals surface area contributed by atoms with Crippen LogP contribution in [-0.2, 0) is 18.3 Å². The summed E-state index contributed by atoms with van der Waals surface area (Å²) in [6, 6.07) is -0.0676. The van der Waals surface area contributed by atoms with Gasteiger partial charge in [-0.2, -0.15) is 4.98 Å². The number of likely N-dealkylation sites (tertiary alicyclic amines) is 1. The largest absolute Gasteiger partial charge is 0.337 e. The number of rotatable bonds is 5. The van der Waals surface area contributed by atoms with Crippen LogP contribution >= 0.6 is 0 Å². The molecule has 23 heavy (non-hydrogen) atoms. The molecule has 0 spiro atoms. The predicted molar refractivity (Wildman–Crippen MR) is 79.3 cm³/mol. The molecule has 1 atom stereocenters. The van der Waals surface area contributed by atoms with Gasteiger partial charge in [0, 0.05) is 32.4 Å². The summed E-state index contributed by atoms with van der Waals surface area (Å²) in [4.78, 5) is 19.0. The van der Waals surface area contributed by atoms with E-state index in [1.807, 2.05) is 16.5 Å². The summed E-state index contributed by atoms with van der Waals surface area (Å²) in [6.07, 6.45) is 6.82. The second-order valence-corrected chi connectivity index (χ2v) is 6.37. The average Bonchev–Trinajstić information content (AvgIpc) is 2.97. The lowest BCUT2D eigenvalue weighted by Gasteiger charge is -2.21. The summed E-state index contributed by atoms with van der Waals surface area (Å²) in [5.74, 6) is 2.80. The van der Waals surface area contributed by atoms with E-state index in [9.17, 15) is 4.79 Å². The Kier molecular flexibility index (Phi) is 3.59. The monoisotopic (exact) mass is 316 g/mol. The van der Waals surface area contributed by atoms with Gasteiger partial charge in [0.1, 0.15) is 18.2 Å². The summed E-state index contributed by atoms with van der Waals surface area (Å²) in [5, 5.41) is 11.9. The van der Waals surface area contributed by atoms with Crippen molar-refractivity contribution >= 4 is 5.91 Å². The molecule has 1 amide bonds. The molecule has 0 aromatic carbocycles. The Labute approximate surface area is 133 Å². The minimum Gasteiger partial charge on any atom is -0.337 e. The standard InChI is InChI=1S/C15H20N6O2/c1-20-9-16-18-12(20)6-7-13(22)21-8-2-3-11(21)15-17-14(19-23-15)10-4-5-10/h9-11H,2-8H2,1H3/t11-/m0/s1. The summed E-state index contributed by atoms with van der Waals surface area (Å²) < 4.78 is 7.26. The first-order valence-electron chi connectivity index (χ1n) is 8.18. The van der Waals surface area contributed by atoms with Crippen LogP contribution in [0.2, 0.25) is 0 Å². The van der Waals surface area contributed by atoms with E-state index in [4.69, 9.17) is 4.52 Å². The second kappa shape index (κ2) is 5.75. The van der Waals surface area contributed by atoms with Crippen LogP contribution in [0.3, 0.4) is 0 Å². The topological polar surface area (TPSA) is 89.9 Å². The quantitative estimate of drug-likeness (QED) is 0.827. The molecule has 2 aliphatic rings. The van der Waals surface area contributed by atoms with Gasteiger partial charge in [-0.3, -0.25) is 4.79 Å². The van der Waals surface area contributed by atoms with Crippen molar-refractivity contribution < 1.29 is 9.32 Å². The van der Waals surface area contributed by atoms with E-state index >= 15 is 0 Å². The first-order chi connectivity index (χ1) is 11.2. The third-order valence-electron chi connectivity index (χ3n) is 4.63. The molecule has 0 radical (unpaired) electrons. The van der Waals surface area contributed by atoms with Crippen molar-refractivity contribution in [2.45, 2.75) is 50.5 Å². The van der Waals surface area contributed by atoms with Crippen LogP contribution in [0.4, 0.5) is 0 Å². The van der Waals surface area contributed by atoms with Gasteiger partial charge in [-0.05, 0) is 25.7 Å². The molecule has 8 heteroatoms. The van der Waals surface area contributed by atoms with Gasteiger partial charge >= 0.3 is 0 Å². The van der Waals surface area contributed by atoms with Crippen molar-refractivity contribution in [2.75, 3.05) is 6.54 Å². The molecule has 1 aliphatic heterocycles. The van der Waals surface area contributed by atoms with Crippen molar-refractivity contribution in [3.63, 3.8) is 0 Å². The molecule has 2 aromatic rings. The van der Waals surface area contributed by atoms with E-state index < -0.39 is 0 Å². The lowest BCUT2D eigenvalue weighted by Crippen LogP contribution is -2.31. The Morgan fingerprint density at radius 2 is 2.26 bits per heavy atom. The van der Waals surface area contributed by atoms with Gasteiger partial charge in [0.2, 0.25) is 11.8 Å². The maximum atomic E-state index is 12.6. The lowest BCUT2D eigenvalue weighted by molar-refractivity contribution is -0.132. The van der Waals surface area contributed by atoms with Gasteiger partial charge < -0.3 is 14.0 Å². The minimum atomic E-state index is -0.0676. The van der Waals surface area contributed by atoms with E-state index in [1.165, 1.54) is 0 Å². The lowest BCUT2D eigenvalue weighted by atomic mass is 10.2. The Bertz CT molecular complexity index is 704. The number of carbonyl (C=O) groups is 1. The van der Waals surface area contributed by atoms with Gasteiger partial charge in [-0.1, -0.05) is 5.16 Å².